The zero-order chi connectivity index (χ0) is 42.4. The number of rotatable bonds is 12. The molecule has 4 aromatic heterocycles. The van der Waals surface area contributed by atoms with E-state index in [1.54, 1.807) is 43.5 Å². The number of phenolic OH excluding ortho intramolecular Hbond substituents is 2. The molecule has 4 heterocycles. The van der Waals surface area contributed by atoms with Gasteiger partial charge in [-0.05, 0) is 57.2 Å². The Kier molecular flexibility index (Phi) is 15.5. The molecule has 0 spiro atoms. The van der Waals surface area contributed by atoms with Gasteiger partial charge in [-0.1, -0.05) is 45.7 Å². The molecule has 23 heteroatoms. The minimum Gasteiger partial charge on any atom is -0.507 e. The SMILES string of the molecule is Cc1nnc(NCC(=O)c2cc(Br)cc(Cl)c2O)[nH]c1=O.Cc1nnc(NCC(=O)c2ccccc2O)[nH]c1=O.Cc1nnc(NCC(=O)c2ccccn2)[nH]c1=O. The normalized spacial score (nSPS) is 10.2. The van der Waals surface area contributed by atoms with Crippen molar-refractivity contribution in [1.29, 1.82) is 0 Å². The lowest BCUT2D eigenvalue weighted by Gasteiger charge is -2.07. The number of para-hydroxylation sites is 1. The maximum atomic E-state index is 12.1. The second kappa shape index (κ2) is 20.6. The van der Waals surface area contributed by atoms with E-state index >= 15 is 0 Å². The summed E-state index contributed by atoms with van der Waals surface area (Å²) in [4.78, 5) is 80.7. The van der Waals surface area contributed by atoms with Crippen molar-refractivity contribution in [3.63, 3.8) is 0 Å². The zero-order valence-electron chi connectivity index (χ0n) is 30.6. The van der Waals surface area contributed by atoms with Crippen LogP contribution < -0.4 is 32.6 Å². The number of hydrogen-bond acceptors (Lipinski definition) is 18. The monoisotopic (exact) mass is 877 g/mol. The molecule has 8 N–H and O–H groups in total. The zero-order valence-corrected chi connectivity index (χ0v) is 33.0. The van der Waals surface area contributed by atoms with Crippen molar-refractivity contribution in [2.24, 2.45) is 0 Å². The Hall–Kier alpha value is -7.20. The van der Waals surface area contributed by atoms with Gasteiger partial charge in [-0.15, -0.1) is 30.6 Å². The van der Waals surface area contributed by atoms with Crippen molar-refractivity contribution in [2.75, 3.05) is 35.6 Å². The van der Waals surface area contributed by atoms with Crippen LogP contribution in [0.4, 0.5) is 17.8 Å². The van der Waals surface area contributed by atoms with E-state index in [0.29, 0.717) is 10.2 Å². The summed E-state index contributed by atoms with van der Waals surface area (Å²) >= 11 is 8.99. The number of nitrogens with zero attached hydrogens (tertiary/aromatic N) is 7. The maximum Gasteiger partial charge on any atom is 0.273 e. The number of carbonyl (C=O) groups is 3. The molecule has 0 aliphatic rings. The summed E-state index contributed by atoms with van der Waals surface area (Å²) in [5, 5.41) is 49.4. The molecule has 0 saturated carbocycles. The maximum absolute atomic E-state index is 12.1. The fourth-order valence-corrected chi connectivity index (χ4v) is 5.02. The van der Waals surface area contributed by atoms with Gasteiger partial charge in [0.25, 0.3) is 16.7 Å². The van der Waals surface area contributed by atoms with Crippen molar-refractivity contribution in [3.8, 4) is 11.5 Å². The predicted molar refractivity (Wildman–Crippen MR) is 214 cm³/mol. The number of aromatic amines is 3. The molecule has 0 radical (unpaired) electrons. The van der Waals surface area contributed by atoms with E-state index in [1.807, 2.05) is 0 Å². The van der Waals surface area contributed by atoms with Gasteiger partial charge in [0.05, 0.1) is 35.8 Å². The topological polar surface area (TPSA) is 317 Å². The van der Waals surface area contributed by atoms with Crippen LogP contribution in [0.25, 0.3) is 0 Å². The van der Waals surface area contributed by atoms with Gasteiger partial charge in [-0.2, -0.15) is 0 Å². The van der Waals surface area contributed by atoms with Crippen molar-refractivity contribution < 1.29 is 24.6 Å². The fourth-order valence-electron chi connectivity index (χ4n) is 4.21. The Morgan fingerprint density at radius 1 is 0.638 bits per heavy atom. The molecule has 0 unspecified atom stereocenters. The number of Topliss-reactive ketones (excluding diaryl/α,β-unsaturated/α-hetero) is 3. The third-order valence-electron chi connectivity index (χ3n) is 7.31. The fraction of sp³-hybridized carbons (Fsp3) is 0.171. The second-order valence-corrected chi connectivity index (χ2v) is 12.9. The molecular formula is C35H33BrClN13O8. The van der Waals surface area contributed by atoms with Crippen LogP contribution in [0.15, 0.2) is 79.7 Å². The number of aryl methyl sites for hydroxylation is 3. The Balaban J connectivity index is 0.000000193. The van der Waals surface area contributed by atoms with Gasteiger partial charge in [-0.25, -0.2) is 0 Å². The van der Waals surface area contributed by atoms with E-state index in [4.69, 9.17) is 11.6 Å². The quantitative estimate of drug-likeness (QED) is 0.0819. The highest BCUT2D eigenvalue weighted by atomic mass is 79.9. The van der Waals surface area contributed by atoms with Gasteiger partial charge >= 0.3 is 0 Å². The Morgan fingerprint density at radius 2 is 1.09 bits per heavy atom. The first-order valence-electron chi connectivity index (χ1n) is 16.6. The van der Waals surface area contributed by atoms with Gasteiger partial charge in [0.2, 0.25) is 17.8 Å². The van der Waals surface area contributed by atoms with E-state index in [-0.39, 0.29) is 105 Å². The highest BCUT2D eigenvalue weighted by Gasteiger charge is 2.16. The van der Waals surface area contributed by atoms with Crippen molar-refractivity contribution >= 4 is 62.7 Å². The van der Waals surface area contributed by atoms with Crippen LogP contribution in [-0.2, 0) is 0 Å². The van der Waals surface area contributed by atoms with Gasteiger partial charge in [0, 0.05) is 10.7 Å². The second-order valence-electron chi connectivity index (χ2n) is 11.6. The molecule has 6 aromatic rings. The summed E-state index contributed by atoms with van der Waals surface area (Å²) in [6, 6.07) is 14.2. The van der Waals surface area contributed by atoms with Crippen LogP contribution in [0, 0.1) is 20.8 Å². The van der Waals surface area contributed by atoms with Crippen LogP contribution in [0.3, 0.4) is 0 Å². The van der Waals surface area contributed by atoms with Gasteiger partial charge in [0.1, 0.15) is 34.3 Å². The van der Waals surface area contributed by atoms with E-state index in [1.165, 1.54) is 38.1 Å². The molecular weight excluding hydrogens is 846 g/mol. The predicted octanol–water partition coefficient (Wildman–Crippen LogP) is 2.53. The molecule has 0 saturated heterocycles. The smallest absolute Gasteiger partial charge is 0.273 e. The van der Waals surface area contributed by atoms with Crippen LogP contribution in [0.5, 0.6) is 11.5 Å². The number of halogens is 2. The molecule has 58 heavy (non-hydrogen) atoms. The number of carbonyl (C=O) groups excluding carboxylic acids is 3. The van der Waals surface area contributed by atoms with Crippen LogP contribution in [-0.4, -0.2) is 97.7 Å². The Bertz CT molecular complexity index is 2610. The highest BCUT2D eigenvalue weighted by Crippen LogP contribution is 2.31. The number of anilines is 3. The van der Waals surface area contributed by atoms with Gasteiger partial charge < -0.3 is 26.2 Å². The molecule has 6 rings (SSSR count). The third-order valence-corrected chi connectivity index (χ3v) is 8.06. The Labute approximate surface area is 339 Å². The van der Waals surface area contributed by atoms with Gasteiger partial charge in [-0.3, -0.25) is 48.7 Å². The lowest BCUT2D eigenvalue weighted by molar-refractivity contribution is 0.0994. The Morgan fingerprint density at radius 3 is 1.53 bits per heavy atom. The molecule has 0 atom stereocenters. The molecule has 0 bridgehead atoms. The van der Waals surface area contributed by atoms with E-state index in [9.17, 15) is 39.0 Å². The van der Waals surface area contributed by atoms with Crippen molar-refractivity contribution in [2.45, 2.75) is 20.8 Å². The third kappa shape index (κ3) is 12.7. The number of aromatic hydroxyl groups is 2. The average Bonchev–Trinajstić information content (AvgIpc) is 3.21. The van der Waals surface area contributed by atoms with Gasteiger partial charge in [0.15, 0.2) is 17.3 Å². The largest absolute Gasteiger partial charge is 0.507 e. The lowest BCUT2D eigenvalue weighted by Crippen LogP contribution is -2.21. The number of phenols is 2. The van der Waals surface area contributed by atoms with Crippen LogP contribution in [0.1, 0.15) is 48.3 Å². The molecule has 21 nitrogen and oxygen atoms in total. The van der Waals surface area contributed by atoms with Crippen molar-refractivity contribution in [3.05, 3.63) is 135 Å². The van der Waals surface area contributed by atoms with E-state index in [2.05, 4.69) is 82.4 Å². The standard InChI is InChI=1S/C12H10BrClN4O3.C12H12N4O3.C11H11N5O2/c1-5-11(21)16-12(18-17-5)15-4-9(19)7-2-6(13)3-8(14)10(7)20;1-7-11(19)14-12(16-15-7)13-6-10(18)8-4-2-3-5-9(8)17;1-7-10(18)14-11(16-15-7)13-6-9(17)8-4-2-3-5-12-8/h2-3,20H,4H2,1H3,(H2,15,16,18,21);2-5,17H,6H2,1H3,(H2,13,14,16,19);2-5H,6H2,1H3,(H2,13,14,16,18). The number of H-pyrrole nitrogens is 3. The summed E-state index contributed by atoms with van der Waals surface area (Å²) in [5.74, 6) is -0.971. The van der Waals surface area contributed by atoms with Crippen molar-refractivity contribution in [1.82, 2.24) is 50.5 Å². The summed E-state index contributed by atoms with van der Waals surface area (Å²) in [7, 11) is 0. The molecule has 0 fully saturated rings. The number of ketones is 3. The molecule has 0 amide bonds. The number of pyridine rings is 1. The molecule has 0 aliphatic carbocycles. The van der Waals surface area contributed by atoms with Crippen LogP contribution >= 0.6 is 27.5 Å². The highest BCUT2D eigenvalue weighted by molar-refractivity contribution is 9.10. The number of benzene rings is 2. The number of nitrogens with one attached hydrogen (secondary N) is 6. The summed E-state index contributed by atoms with van der Waals surface area (Å²) in [6.07, 6.45) is 1.54. The minimum atomic E-state index is -0.418. The summed E-state index contributed by atoms with van der Waals surface area (Å²) in [6.45, 7) is 4.30. The number of hydrogen-bond donors (Lipinski definition) is 8. The number of aromatic nitrogens is 10. The minimum absolute atomic E-state index is 0.00923. The van der Waals surface area contributed by atoms with E-state index in [0.717, 1.165) is 0 Å². The molecule has 2 aromatic carbocycles. The first-order chi connectivity index (χ1) is 27.6. The molecule has 0 aliphatic heterocycles. The summed E-state index contributed by atoms with van der Waals surface area (Å²) < 4.78 is 0.567. The summed E-state index contributed by atoms with van der Waals surface area (Å²) in [5.41, 5.74) is 0.269. The lowest BCUT2D eigenvalue weighted by atomic mass is 10.1. The first-order valence-corrected chi connectivity index (χ1v) is 17.8. The van der Waals surface area contributed by atoms with Crippen LogP contribution in [0.2, 0.25) is 5.02 Å². The average molecular weight is 879 g/mol. The van der Waals surface area contributed by atoms with E-state index < -0.39 is 11.3 Å². The first kappa shape index (κ1) is 43.5. The molecule has 300 valence electrons.